The summed E-state index contributed by atoms with van der Waals surface area (Å²) in [5.41, 5.74) is -0.440. The van der Waals surface area contributed by atoms with Crippen LogP contribution in [-0.2, 0) is 4.79 Å². The number of hydrogen-bond acceptors (Lipinski definition) is 2. The van der Waals surface area contributed by atoms with Crippen molar-refractivity contribution in [3.8, 4) is 5.75 Å². The van der Waals surface area contributed by atoms with Crippen molar-refractivity contribution in [1.82, 2.24) is 0 Å². The lowest BCUT2D eigenvalue weighted by Crippen LogP contribution is -2.21. The molecule has 0 spiro atoms. The third kappa shape index (κ3) is 4.10. The molecule has 1 amide bonds. The first-order valence-corrected chi connectivity index (χ1v) is 6.87. The van der Waals surface area contributed by atoms with Crippen LogP contribution in [0.15, 0.2) is 36.4 Å². The Hall–Kier alpha value is -1.77. The summed E-state index contributed by atoms with van der Waals surface area (Å²) < 4.78 is 45.3. The summed E-state index contributed by atoms with van der Waals surface area (Å²) in [6.45, 7) is -0.376. The van der Waals surface area contributed by atoms with Gasteiger partial charge in [-0.1, -0.05) is 0 Å². The Kier molecular flexibility index (Phi) is 5.05. The second kappa shape index (κ2) is 6.79. The van der Waals surface area contributed by atoms with E-state index in [0.29, 0.717) is 5.75 Å². The second-order valence-corrected chi connectivity index (χ2v) is 5.26. The van der Waals surface area contributed by atoms with E-state index >= 15 is 0 Å². The monoisotopic (exact) mass is 407 g/mol. The molecule has 0 bridgehead atoms. The number of halogens is 4. The molecule has 0 saturated carbocycles. The average molecular weight is 407 g/mol. The highest BCUT2D eigenvalue weighted by atomic mass is 127. The minimum atomic E-state index is -1.63. The number of amides is 1. The predicted molar refractivity (Wildman–Crippen MR) is 79.6 cm³/mol. The van der Waals surface area contributed by atoms with Gasteiger partial charge < -0.3 is 10.1 Å². The fraction of sp³-hybridized carbons (Fsp3) is 0.0714. The van der Waals surface area contributed by atoms with Crippen molar-refractivity contribution in [3.05, 3.63) is 57.4 Å². The van der Waals surface area contributed by atoms with E-state index in [0.717, 1.165) is 15.7 Å². The predicted octanol–water partition coefficient (Wildman–Crippen LogP) is 3.73. The van der Waals surface area contributed by atoms with E-state index in [-0.39, 0.29) is 6.61 Å². The first-order valence-electron chi connectivity index (χ1n) is 5.79. The Balaban J connectivity index is 1.96. The number of benzene rings is 2. The lowest BCUT2D eigenvalue weighted by molar-refractivity contribution is -0.118. The fourth-order valence-electron chi connectivity index (χ4n) is 1.49. The van der Waals surface area contributed by atoms with Crippen molar-refractivity contribution in [2.45, 2.75) is 0 Å². The highest BCUT2D eigenvalue weighted by Gasteiger charge is 2.15. The smallest absolute Gasteiger partial charge is 0.262 e. The molecule has 110 valence electrons. The fourth-order valence-corrected chi connectivity index (χ4v) is 1.85. The minimum absolute atomic E-state index is 0.376. The van der Waals surface area contributed by atoms with E-state index < -0.39 is 29.0 Å². The van der Waals surface area contributed by atoms with Crippen LogP contribution in [0.1, 0.15) is 0 Å². The zero-order valence-corrected chi connectivity index (χ0v) is 12.7. The highest BCUT2D eigenvalue weighted by molar-refractivity contribution is 14.1. The Labute approximate surface area is 132 Å². The van der Waals surface area contributed by atoms with E-state index in [1.165, 1.54) is 0 Å². The van der Waals surface area contributed by atoms with Gasteiger partial charge in [-0.05, 0) is 59.0 Å². The summed E-state index contributed by atoms with van der Waals surface area (Å²) >= 11 is 2.12. The maximum Gasteiger partial charge on any atom is 0.262 e. The standard InChI is InChI=1S/C14H9F3INO2/c15-10-5-6-11(14(17)13(10)16)19-12(20)7-21-9-3-1-8(18)2-4-9/h1-6H,7H2,(H,19,20). The van der Waals surface area contributed by atoms with E-state index in [1.54, 1.807) is 24.3 Å². The quantitative estimate of drug-likeness (QED) is 0.620. The molecule has 0 unspecified atom stereocenters. The first-order chi connectivity index (χ1) is 9.97. The molecule has 0 radical (unpaired) electrons. The Morgan fingerprint density at radius 3 is 2.38 bits per heavy atom. The van der Waals surface area contributed by atoms with Crippen LogP contribution in [0.3, 0.4) is 0 Å². The number of nitrogens with one attached hydrogen (secondary N) is 1. The van der Waals surface area contributed by atoms with Crippen LogP contribution in [0.2, 0.25) is 0 Å². The highest BCUT2D eigenvalue weighted by Crippen LogP contribution is 2.19. The van der Waals surface area contributed by atoms with Gasteiger partial charge in [-0.3, -0.25) is 4.79 Å². The molecule has 0 aliphatic heterocycles. The maximum atomic E-state index is 13.4. The van der Waals surface area contributed by atoms with Crippen LogP contribution in [0.5, 0.6) is 5.75 Å². The van der Waals surface area contributed by atoms with Crippen molar-refractivity contribution in [3.63, 3.8) is 0 Å². The maximum absolute atomic E-state index is 13.4. The zero-order chi connectivity index (χ0) is 15.4. The van der Waals surface area contributed by atoms with Crippen molar-refractivity contribution in [2.24, 2.45) is 0 Å². The number of carbonyl (C=O) groups excluding carboxylic acids is 1. The van der Waals surface area contributed by atoms with Gasteiger partial charge in [-0.2, -0.15) is 0 Å². The van der Waals surface area contributed by atoms with Crippen LogP contribution < -0.4 is 10.1 Å². The van der Waals surface area contributed by atoms with Crippen molar-refractivity contribution in [1.29, 1.82) is 0 Å². The zero-order valence-electron chi connectivity index (χ0n) is 10.5. The van der Waals surface area contributed by atoms with Crippen LogP contribution >= 0.6 is 22.6 Å². The molecule has 0 heterocycles. The molecule has 2 rings (SSSR count). The molecule has 2 aromatic carbocycles. The molecule has 0 aromatic heterocycles. The molecule has 1 N–H and O–H groups in total. The van der Waals surface area contributed by atoms with Gasteiger partial charge in [-0.25, -0.2) is 13.2 Å². The molecule has 0 saturated heterocycles. The van der Waals surface area contributed by atoms with Gasteiger partial charge in [0.25, 0.3) is 5.91 Å². The summed E-state index contributed by atoms with van der Waals surface area (Å²) in [5, 5.41) is 2.11. The second-order valence-electron chi connectivity index (χ2n) is 4.01. The van der Waals surface area contributed by atoms with Crippen LogP contribution in [0.4, 0.5) is 18.9 Å². The van der Waals surface area contributed by atoms with Crippen LogP contribution in [-0.4, -0.2) is 12.5 Å². The lowest BCUT2D eigenvalue weighted by Gasteiger charge is -2.09. The topological polar surface area (TPSA) is 38.3 Å². The lowest BCUT2D eigenvalue weighted by atomic mass is 10.3. The van der Waals surface area contributed by atoms with Crippen molar-refractivity contribution < 1.29 is 22.7 Å². The molecular formula is C14H9F3INO2. The summed E-state index contributed by atoms with van der Waals surface area (Å²) in [5.74, 6) is -4.61. The molecule has 0 fully saturated rings. The largest absolute Gasteiger partial charge is 0.484 e. The summed E-state index contributed by atoms with van der Waals surface area (Å²) in [7, 11) is 0. The third-order valence-electron chi connectivity index (χ3n) is 2.49. The molecule has 7 heteroatoms. The molecule has 0 aliphatic carbocycles. The molecular weight excluding hydrogens is 398 g/mol. The number of ether oxygens (including phenoxy) is 1. The number of anilines is 1. The van der Waals surface area contributed by atoms with Gasteiger partial charge >= 0.3 is 0 Å². The molecule has 3 nitrogen and oxygen atoms in total. The average Bonchev–Trinajstić information content (AvgIpc) is 2.47. The van der Waals surface area contributed by atoms with Crippen molar-refractivity contribution >= 4 is 34.2 Å². The Bertz CT molecular complexity index is 662. The molecule has 21 heavy (non-hydrogen) atoms. The normalized spacial score (nSPS) is 10.3. The van der Waals surface area contributed by atoms with Crippen molar-refractivity contribution in [2.75, 3.05) is 11.9 Å². The van der Waals surface area contributed by atoms with Gasteiger partial charge in [0.1, 0.15) is 5.75 Å². The Morgan fingerprint density at radius 1 is 1.05 bits per heavy atom. The van der Waals surface area contributed by atoms with Gasteiger partial charge in [0.2, 0.25) is 0 Å². The van der Waals surface area contributed by atoms with E-state index in [1.807, 2.05) is 0 Å². The third-order valence-corrected chi connectivity index (χ3v) is 3.21. The minimum Gasteiger partial charge on any atom is -0.484 e. The molecule has 2 aromatic rings. The van der Waals surface area contributed by atoms with Gasteiger partial charge in [0.15, 0.2) is 24.1 Å². The van der Waals surface area contributed by atoms with E-state index in [4.69, 9.17) is 4.74 Å². The van der Waals surface area contributed by atoms with Gasteiger partial charge in [-0.15, -0.1) is 0 Å². The number of carbonyl (C=O) groups is 1. The van der Waals surface area contributed by atoms with Gasteiger partial charge in [0.05, 0.1) is 5.69 Å². The summed E-state index contributed by atoms with van der Waals surface area (Å²) in [6, 6.07) is 8.61. The van der Waals surface area contributed by atoms with Crippen LogP contribution in [0, 0.1) is 21.0 Å². The number of rotatable bonds is 4. The SMILES string of the molecule is O=C(COc1ccc(I)cc1)Nc1ccc(F)c(F)c1F. The molecule has 0 aliphatic rings. The van der Waals surface area contributed by atoms with Crippen LogP contribution in [0.25, 0.3) is 0 Å². The Morgan fingerprint density at radius 2 is 1.71 bits per heavy atom. The van der Waals surface area contributed by atoms with E-state index in [9.17, 15) is 18.0 Å². The number of hydrogen-bond donors (Lipinski definition) is 1. The van der Waals surface area contributed by atoms with Gasteiger partial charge in [0, 0.05) is 3.57 Å². The summed E-state index contributed by atoms with van der Waals surface area (Å²) in [4.78, 5) is 11.6. The first kappa shape index (κ1) is 15.6. The molecule has 0 atom stereocenters. The summed E-state index contributed by atoms with van der Waals surface area (Å²) in [6.07, 6.45) is 0. The van der Waals surface area contributed by atoms with E-state index in [2.05, 4.69) is 27.9 Å².